The van der Waals surface area contributed by atoms with Gasteiger partial charge in [0.2, 0.25) is 5.91 Å². The Morgan fingerprint density at radius 2 is 1.82 bits per heavy atom. The highest BCUT2D eigenvalue weighted by Gasteiger charge is 2.43. The molecule has 1 saturated carbocycles. The van der Waals surface area contributed by atoms with Gasteiger partial charge in [0.1, 0.15) is 5.82 Å². The first-order chi connectivity index (χ1) is 13.6. The van der Waals surface area contributed by atoms with Crippen LogP contribution in [0, 0.1) is 0 Å². The maximum Gasteiger partial charge on any atom is 0.231 e. The van der Waals surface area contributed by atoms with Gasteiger partial charge in [-0.2, -0.15) is 5.10 Å². The van der Waals surface area contributed by atoms with Gasteiger partial charge in [-0.15, -0.1) is 0 Å². The molecule has 1 aliphatic rings. The number of H-pyrrole nitrogens is 1. The second-order valence-corrected chi connectivity index (χ2v) is 7.71. The fourth-order valence-electron chi connectivity index (χ4n) is 3.90. The maximum absolute atomic E-state index is 13.3. The summed E-state index contributed by atoms with van der Waals surface area (Å²) in [6.07, 6.45) is 7.16. The molecule has 1 fully saturated rings. The van der Waals surface area contributed by atoms with Crippen molar-refractivity contribution < 1.29 is 4.79 Å². The van der Waals surface area contributed by atoms with E-state index in [-0.39, 0.29) is 11.9 Å². The molecule has 0 bridgehead atoms. The number of nitrogens with zero attached hydrogens (tertiary/aromatic N) is 3. The predicted octanol–water partition coefficient (Wildman–Crippen LogP) is 4.21. The third-order valence-corrected chi connectivity index (χ3v) is 5.74. The molecule has 0 spiro atoms. The first-order valence-electron chi connectivity index (χ1n) is 9.48. The molecule has 6 nitrogen and oxygen atoms in total. The molecule has 0 saturated heterocycles. The Morgan fingerprint density at radius 1 is 1.14 bits per heavy atom. The third-order valence-electron chi connectivity index (χ3n) is 5.49. The summed E-state index contributed by atoms with van der Waals surface area (Å²) in [5.74, 6) is 1.25. The number of pyridine rings is 1. The summed E-state index contributed by atoms with van der Waals surface area (Å²) in [4.78, 5) is 21.8. The zero-order valence-electron chi connectivity index (χ0n) is 15.7. The van der Waals surface area contributed by atoms with Gasteiger partial charge in [-0.05, 0) is 49.6 Å². The van der Waals surface area contributed by atoms with Crippen molar-refractivity contribution in [2.75, 3.05) is 0 Å². The summed E-state index contributed by atoms with van der Waals surface area (Å²) in [7, 11) is 0. The second kappa shape index (κ2) is 7.72. The summed E-state index contributed by atoms with van der Waals surface area (Å²) in [5.41, 5.74) is 1.39. The van der Waals surface area contributed by atoms with Gasteiger partial charge < -0.3 is 5.32 Å². The van der Waals surface area contributed by atoms with Crippen LogP contribution in [0.4, 0.5) is 0 Å². The third kappa shape index (κ3) is 3.52. The number of amides is 1. The average Bonchev–Trinajstić information content (AvgIpc) is 3.40. The van der Waals surface area contributed by atoms with Gasteiger partial charge in [-0.3, -0.25) is 14.9 Å². The predicted molar refractivity (Wildman–Crippen MR) is 108 cm³/mol. The average molecular weight is 396 g/mol. The zero-order chi connectivity index (χ0) is 19.6. The van der Waals surface area contributed by atoms with E-state index in [1.165, 1.54) is 0 Å². The SMILES string of the molecule is C[C@H](NC(=O)C1(c2ccc(Cl)cc2)CCCC1)c1nc(-c2ccncc2)n[nH]1. The Hall–Kier alpha value is -2.73. The minimum Gasteiger partial charge on any atom is -0.346 e. The van der Waals surface area contributed by atoms with Crippen LogP contribution in [0.2, 0.25) is 5.02 Å². The van der Waals surface area contributed by atoms with Crippen LogP contribution in [0.3, 0.4) is 0 Å². The van der Waals surface area contributed by atoms with Crippen molar-refractivity contribution in [2.45, 2.75) is 44.1 Å². The Morgan fingerprint density at radius 3 is 2.50 bits per heavy atom. The number of nitrogens with one attached hydrogen (secondary N) is 2. The highest BCUT2D eigenvalue weighted by Crippen LogP contribution is 2.42. The van der Waals surface area contributed by atoms with Crippen LogP contribution in [0.5, 0.6) is 0 Å². The number of hydrogen-bond acceptors (Lipinski definition) is 4. The van der Waals surface area contributed by atoms with Gasteiger partial charge in [0.25, 0.3) is 0 Å². The summed E-state index contributed by atoms with van der Waals surface area (Å²) in [6, 6.07) is 11.1. The Balaban J connectivity index is 1.53. The monoisotopic (exact) mass is 395 g/mol. The molecule has 2 heterocycles. The van der Waals surface area contributed by atoms with Crippen molar-refractivity contribution >= 4 is 17.5 Å². The molecule has 0 aliphatic heterocycles. The van der Waals surface area contributed by atoms with Crippen molar-refractivity contribution in [3.63, 3.8) is 0 Å². The first-order valence-corrected chi connectivity index (χ1v) is 9.86. The van der Waals surface area contributed by atoms with E-state index in [4.69, 9.17) is 11.6 Å². The topological polar surface area (TPSA) is 83.6 Å². The van der Waals surface area contributed by atoms with E-state index in [9.17, 15) is 4.79 Å². The van der Waals surface area contributed by atoms with Gasteiger partial charge in [-0.1, -0.05) is 36.6 Å². The standard InChI is InChI=1S/C21H22ClN5O/c1-14(18-25-19(27-26-18)15-8-12-23-13-9-15)24-20(28)21(10-2-3-11-21)16-4-6-17(22)7-5-16/h4-9,12-14H,2-3,10-11H2,1H3,(H,24,28)(H,25,26,27)/t14-/m0/s1. The van der Waals surface area contributed by atoms with Gasteiger partial charge in [0, 0.05) is 23.0 Å². The highest BCUT2D eigenvalue weighted by molar-refractivity contribution is 6.30. The van der Waals surface area contributed by atoms with Crippen LogP contribution >= 0.6 is 11.6 Å². The van der Waals surface area contributed by atoms with Gasteiger partial charge in [-0.25, -0.2) is 4.98 Å². The number of aromatic amines is 1. The van der Waals surface area contributed by atoms with E-state index < -0.39 is 5.41 Å². The number of carbonyl (C=O) groups is 1. The normalized spacial score (nSPS) is 16.6. The number of aromatic nitrogens is 4. The minimum absolute atomic E-state index is 0.0293. The molecule has 4 rings (SSSR count). The molecule has 0 radical (unpaired) electrons. The summed E-state index contributed by atoms with van der Waals surface area (Å²) < 4.78 is 0. The number of halogens is 1. The Bertz CT molecular complexity index is 948. The quantitative estimate of drug-likeness (QED) is 0.677. The van der Waals surface area contributed by atoms with Crippen LogP contribution in [0.15, 0.2) is 48.8 Å². The largest absolute Gasteiger partial charge is 0.346 e. The molecule has 2 N–H and O–H groups in total. The lowest BCUT2D eigenvalue weighted by Crippen LogP contribution is -2.43. The molecule has 7 heteroatoms. The fourth-order valence-corrected chi connectivity index (χ4v) is 4.02. The number of benzene rings is 1. The van der Waals surface area contributed by atoms with Crippen molar-refractivity contribution in [3.8, 4) is 11.4 Å². The van der Waals surface area contributed by atoms with Crippen LogP contribution < -0.4 is 5.32 Å². The highest BCUT2D eigenvalue weighted by atomic mass is 35.5. The van der Waals surface area contributed by atoms with Crippen molar-refractivity contribution in [3.05, 3.63) is 65.2 Å². The van der Waals surface area contributed by atoms with Crippen LogP contribution in [0.1, 0.15) is 50.0 Å². The minimum atomic E-state index is -0.507. The lowest BCUT2D eigenvalue weighted by Gasteiger charge is -2.29. The fraction of sp³-hybridized carbons (Fsp3) is 0.333. The van der Waals surface area contributed by atoms with E-state index in [1.807, 2.05) is 43.3 Å². The molecule has 2 aromatic heterocycles. The molecular weight excluding hydrogens is 374 g/mol. The number of carbonyl (C=O) groups excluding carboxylic acids is 1. The summed E-state index contributed by atoms with van der Waals surface area (Å²) in [6.45, 7) is 1.92. The van der Waals surface area contributed by atoms with Crippen molar-refractivity contribution in [1.82, 2.24) is 25.5 Å². The summed E-state index contributed by atoms with van der Waals surface area (Å²) >= 11 is 6.04. The van der Waals surface area contributed by atoms with Gasteiger partial charge >= 0.3 is 0 Å². The van der Waals surface area contributed by atoms with E-state index in [1.54, 1.807) is 12.4 Å². The maximum atomic E-state index is 13.3. The van der Waals surface area contributed by atoms with E-state index >= 15 is 0 Å². The van der Waals surface area contributed by atoms with Gasteiger partial charge in [0.15, 0.2) is 5.82 Å². The lowest BCUT2D eigenvalue weighted by atomic mass is 9.78. The smallest absolute Gasteiger partial charge is 0.231 e. The van der Waals surface area contributed by atoms with Crippen molar-refractivity contribution in [2.24, 2.45) is 0 Å². The lowest BCUT2D eigenvalue weighted by molar-refractivity contribution is -0.127. The molecule has 1 atom stereocenters. The molecule has 1 amide bonds. The van der Waals surface area contributed by atoms with Crippen LogP contribution in [0.25, 0.3) is 11.4 Å². The number of rotatable bonds is 5. The van der Waals surface area contributed by atoms with E-state index in [0.717, 1.165) is 36.8 Å². The van der Waals surface area contributed by atoms with Crippen molar-refractivity contribution in [1.29, 1.82) is 0 Å². The zero-order valence-corrected chi connectivity index (χ0v) is 16.4. The van der Waals surface area contributed by atoms with Crippen LogP contribution in [-0.2, 0) is 10.2 Å². The van der Waals surface area contributed by atoms with Gasteiger partial charge in [0.05, 0.1) is 11.5 Å². The first kappa shape index (κ1) is 18.6. The molecule has 3 aromatic rings. The second-order valence-electron chi connectivity index (χ2n) is 7.27. The Kier molecular flexibility index (Phi) is 5.13. The molecular formula is C21H22ClN5O. The molecule has 28 heavy (non-hydrogen) atoms. The van der Waals surface area contributed by atoms with E-state index in [2.05, 4.69) is 25.5 Å². The number of hydrogen-bond donors (Lipinski definition) is 2. The summed E-state index contributed by atoms with van der Waals surface area (Å²) in [5, 5.41) is 11.0. The Labute approximate surface area is 168 Å². The van der Waals surface area contributed by atoms with E-state index in [0.29, 0.717) is 16.7 Å². The van der Waals surface area contributed by atoms with Crippen LogP contribution in [-0.4, -0.2) is 26.1 Å². The molecule has 1 aromatic carbocycles. The molecule has 1 aliphatic carbocycles. The molecule has 0 unspecified atom stereocenters. The molecule has 144 valence electrons.